The Balaban J connectivity index is 1.65. The first kappa shape index (κ1) is 23.3. The van der Waals surface area contributed by atoms with Crippen molar-refractivity contribution in [3.63, 3.8) is 0 Å². The number of nitrogens with zero attached hydrogens (tertiary/aromatic N) is 1. The predicted molar refractivity (Wildman–Crippen MR) is 131 cm³/mol. The summed E-state index contributed by atoms with van der Waals surface area (Å²) in [5.41, 5.74) is 4.87. The highest BCUT2D eigenvalue weighted by Gasteiger charge is 2.42. The fourth-order valence-electron chi connectivity index (χ4n) is 3.82. The van der Waals surface area contributed by atoms with Gasteiger partial charge in [-0.3, -0.25) is 10.2 Å². The van der Waals surface area contributed by atoms with E-state index in [1.165, 1.54) is 14.2 Å². The fourth-order valence-corrected chi connectivity index (χ4v) is 5.90. The number of sulfonamides is 1. The third-order valence-corrected chi connectivity index (χ3v) is 8.21. The number of anilines is 2. The first-order valence-electron chi connectivity index (χ1n) is 9.83. The molecule has 2 aromatic carbocycles. The zero-order valence-electron chi connectivity index (χ0n) is 17.6. The molecule has 0 radical (unpaired) electrons. The van der Waals surface area contributed by atoms with E-state index in [2.05, 4.69) is 20.6 Å². The number of hydrogen-bond acceptors (Lipinski definition) is 6. The summed E-state index contributed by atoms with van der Waals surface area (Å²) in [4.78, 5) is 12.4. The maximum atomic E-state index is 12.8. The summed E-state index contributed by atoms with van der Waals surface area (Å²) in [7, 11) is -0.831. The van der Waals surface area contributed by atoms with Crippen LogP contribution in [0.1, 0.15) is 17.5 Å². The second-order valence-corrected chi connectivity index (χ2v) is 10.2. The molecule has 3 N–H and O–H groups in total. The number of rotatable bonds is 6. The van der Waals surface area contributed by atoms with Crippen LogP contribution < -0.4 is 20.2 Å². The van der Waals surface area contributed by atoms with Crippen molar-refractivity contribution in [1.29, 1.82) is 0 Å². The molecule has 8 nitrogen and oxygen atoms in total. The Morgan fingerprint density at radius 3 is 2.52 bits per heavy atom. The molecule has 172 valence electrons. The highest BCUT2D eigenvalue weighted by molar-refractivity contribution is 7.90. The molecule has 4 rings (SSSR count). The summed E-state index contributed by atoms with van der Waals surface area (Å²) in [6.07, 6.45) is 7.32. The number of amides is 1. The number of allylic oxidation sites excluding steroid dienone is 3. The van der Waals surface area contributed by atoms with Gasteiger partial charge >= 0.3 is 0 Å². The monoisotopic (exact) mass is 506 g/mol. The molecule has 1 aliphatic heterocycles. The first-order chi connectivity index (χ1) is 15.7. The van der Waals surface area contributed by atoms with Gasteiger partial charge < -0.3 is 10.1 Å². The Hall–Kier alpha value is -2.85. The van der Waals surface area contributed by atoms with Crippen LogP contribution in [-0.4, -0.2) is 34.2 Å². The zero-order valence-corrected chi connectivity index (χ0v) is 20.0. The molecular weight excluding hydrogens is 487 g/mol. The number of hydrogen-bond donors (Lipinski definition) is 3. The number of methoxy groups -OCH3 is 1. The fraction of sp³-hybridized carbons (Fsp3) is 0.182. The molecule has 0 aromatic heterocycles. The Bertz CT molecular complexity index is 1320. The first-order valence-corrected chi connectivity index (χ1v) is 12.1. The average molecular weight is 507 g/mol. The van der Waals surface area contributed by atoms with Crippen molar-refractivity contribution in [3.8, 4) is 5.75 Å². The number of ether oxygens (including phenoxy) is 1. The molecule has 0 saturated carbocycles. The van der Waals surface area contributed by atoms with E-state index in [4.69, 9.17) is 27.9 Å². The molecule has 0 saturated heterocycles. The van der Waals surface area contributed by atoms with E-state index in [-0.39, 0.29) is 21.5 Å². The van der Waals surface area contributed by atoms with Crippen molar-refractivity contribution < 1.29 is 17.9 Å². The van der Waals surface area contributed by atoms with Crippen LogP contribution in [0.2, 0.25) is 10.0 Å². The number of nitrogens with one attached hydrogen (secondary N) is 3. The van der Waals surface area contributed by atoms with E-state index in [9.17, 15) is 13.2 Å². The predicted octanol–water partition coefficient (Wildman–Crippen LogP) is 4.03. The van der Waals surface area contributed by atoms with Gasteiger partial charge in [0.1, 0.15) is 4.75 Å². The third-order valence-electron chi connectivity index (χ3n) is 5.53. The normalized spacial score (nSPS) is 20.6. The van der Waals surface area contributed by atoms with Gasteiger partial charge in [-0.2, -0.15) is 5.10 Å². The highest BCUT2D eigenvalue weighted by atomic mass is 35.5. The lowest BCUT2D eigenvalue weighted by atomic mass is 9.91. The SMILES string of the molecule is CNS(=O)(=O)C1(c2ccc(N/N=C3\C(=O)Nc4cc(Cl)c(OC)c(Cl)c43)cc2)C=CC=CC1. The van der Waals surface area contributed by atoms with Gasteiger partial charge in [0.15, 0.2) is 11.5 Å². The van der Waals surface area contributed by atoms with E-state index < -0.39 is 20.7 Å². The Kier molecular flexibility index (Phi) is 6.24. The van der Waals surface area contributed by atoms with Gasteiger partial charge in [-0.05, 0) is 37.2 Å². The average Bonchev–Trinajstić information content (AvgIpc) is 3.13. The summed E-state index contributed by atoms with van der Waals surface area (Å²) in [6, 6.07) is 8.34. The molecule has 1 aliphatic carbocycles. The van der Waals surface area contributed by atoms with E-state index in [1.54, 1.807) is 42.5 Å². The van der Waals surface area contributed by atoms with Crippen LogP contribution in [0.15, 0.2) is 59.7 Å². The van der Waals surface area contributed by atoms with Crippen LogP contribution in [0.4, 0.5) is 11.4 Å². The molecule has 0 fully saturated rings. The summed E-state index contributed by atoms with van der Waals surface area (Å²) in [5, 5.41) is 7.34. The largest absolute Gasteiger partial charge is 0.494 e. The maximum Gasteiger partial charge on any atom is 0.276 e. The molecule has 1 heterocycles. The Labute approximate surface area is 201 Å². The van der Waals surface area contributed by atoms with Gasteiger partial charge in [0.2, 0.25) is 10.0 Å². The number of hydrazone groups is 1. The van der Waals surface area contributed by atoms with E-state index in [1.807, 2.05) is 12.2 Å². The molecule has 1 amide bonds. The third kappa shape index (κ3) is 3.91. The Morgan fingerprint density at radius 1 is 1.18 bits per heavy atom. The van der Waals surface area contributed by atoms with E-state index in [0.29, 0.717) is 28.9 Å². The second kappa shape index (κ2) is 8.83. The second-order valence-electron chi connectivity index (χ2n) is 7.32. The van der Waals surface area contributed by atoms with Crippen LogP contribution in [0, 0.1) is 0 Å². The van der Waals surface area contributed by atoms with Crippen molar-refractivity contribution in [1.82, 2.24) is 4.72 Å². The summed E-state index contributed by atoms with van der Waals surface area (Å²) in [5.74, 6) is -0.199. The smallest absolute Gasteiger partial charge is 0.276 e. The number of carbonyl (C=O) groups excluding carboxylic acids is 1. The molecule has 2 aliphatic rings. The van der Waals surface area contributed by atoms with Crippen molar-refractivity contribution in [2.75, 3.05) is 24.9 Å². The minimum Gasteiger partial charge on any atom is -0.494 e. The van der Waals surface area contributed by atoms with Crippen molar-refractivity contribution >= 4 is 56.2 Å². The van der Waals surface area contributed by atoms with E-state index in [0.717, 1.165) is 0 Å². The maximum absolute atomic E-state index is 12.8. The van der Waals surface area contributed by atoms with Crippen LogP contribution >= 0.6 is 23.2 Å². The van der Waals surface area contributed by atoms with Gasteiger partial charge in [-0.25, -0.2) is 13.1 Å². The summed E-state index contributed by atoms with van der Waals surface area (Å²) in [6.45, 7) is 0. The summed E-state index contributed by atoms with van der Waals surface area (Å²) < 4.78 is 32.1. The molecule has 1 atom stereocenters. The molecule has 1 unspecified atom stereocenters. The standard InChI is InChI=1S/C22H20Cl2N4O4S/c1-25-33(30,31)22(10-4-3-5-11-22)13-6-8-14(9-7-13)27-28-19-17-16(26-21(19)29)12-15(23)20(32-2)18(17)24/h3-10,12,25,27H,11H2,1-2H3,(H,26,28,29). The Morgan fingerprint density at radius 2 is 1.91 bits per heavy atom. The van der Waals surface area contributed by atoms with Crippen LogP contribution in [-0.2, 0) is 19.6 Å². The number of benzene rings is 2. The molecule has 2 aromatic rings. The van der Waals surface area contributed by atoms with Gasteiger partial charge in [-0.15, -0.1) is 0 Å². The summed E-state index contributed by atoms with van der Waals surface area (Å²) >= 11 is 12.5. The molecule has 0 bridgehead atoms. The molecule has 33 heavy (non-hydrogen) atoms. The number of fused-ring (bicyclic) bond motifs is 1. The lowest BCUT2D eigenvalue weighted by Crippen LogP contribution is -2.41. The van der Waals surface area contributed by atoms with E-state index >= 15 is 0 Å². The zero-order chi connectivity index (χ0) is 23.8. The molecular formula is C22H20Cl2N4O4S. The lowest BCUT2D eigenvalue weighted by molar-refractivity contribution is -0.110. The quantitative estimate of drug-likeness (QED) is 0.512. The van der Waals surface area contributed by atoms with Crippen LogP contribution in [0.25, 0.3) is 0 Å². The highest BCUT2D eigenvalue weighted by Crippen LogP contribution is 2.42. The topological polar surface area (TPSA) is 109 Å². The van der Waals surface area contributed by atoms with Gasteiger partial charge in [0.25, 0.3) is 5.91 Å². The van der Waals surface area contributed by atoms with Crippen LogP contribution in [0.3, 0.4) is 0 Å². The van der Waals surface area contributed by atoms with Crippen molar-refractivity contribution in [2.24, 2.45) is 5.10 Å². The number of carbonyl (C=O) groups is 1. The van der Waals surface area contributed by atoms with Gasteiger partial charge in [-0.1, -0.05) is 59.6 Å². The van der Waals surface area contributed by atoms with Gasteiger partial charge in [0, 0.05) is 0 Å². The lowest BCUT2D eigenvalue weighted by Gasteiger charge is -2.31. The molecule has 0 spiro atoms. The van der Waals surface area contributed by atoms with Crippen molar-refractivity contribution in [3.05, 3.63) is 75.8 Å². The minimum atomic E-state index is -3.66. The van der Waals surface area contributed by atoms with Gasteiger partial charge in [0.05, 0.1) is 34.1 Å². The molecule has 11 heteroatoms. The minimum absolute atomic E-state index is 0.0728. The van der Waals surface area contributed by atoms with Crippen molar-refractivity contribution in [2.45, 2.75) is 11.2 Å². The number of halogens is 2. The van der Waals surface area contributed by atoms with Crippen LogP contribution in [0.5, 0.6) is 5.75 Å².